The first-order valence-electron chi connectivity index (χ1n) is 9.64. The summed E-state index contributed by atoms with van der Waals surface area (Å²) >= 11 is 1.39. The fraction of sp³-hybridized carbons (Fsp3) is 0.217. The second-order valence-corrected chi connectivity index (χ2v) is 8.22. The minimum absolute atomic E-state index is 0.0847. The van der Waals surface area contributed by atoms with E-state index in [1.54, 1.807) is 7.11 Å². The maximum atomic E-state index is 12.8. The average molecular weight is 421 g/mol. The van der Waals surface area contributed by atoms with Crippen LogP contribution in [-0.2, 0) is 6.54 Å². The van der Waals surface area contributed by atoms with Crippen molar-refractivity contribution in [2.45, 2.75) is 13.5 Å². The smallest absolute Gasteiger partial charge is 0.263 e. The van der Waals surface area contributed by atoms with Gasteiger partial charge in [-0.1, -0.05) is 35.6 Å². The van der Waals surface area contributed by atoms with Gasteiger partial charge in [-0.3, -0.25) is 9.20 Å². The lowest BCUT2D eigenvalue weighted by molar-refractivity contribution is 0.0954. The van der Waals surface area contributed by atoms with Crippen LogP contribution in [0.1, 0.15) is 20.9 Å². The molecular weight excluding hydrogens is 396 g/mol. The Bertz CT molecular complexity index is 1190. The molecule has 154 valence electrons. The van der Waals surface area contributed by atoms with Crippen LogP contribution in [-0.4, -0.2) is 36.5 Å². The molecule has 0 aliphatic rings. The molecule has 0 radical (unpaired) electrons. The molecule has 2 heterocycles. The van der Waals surface area contributed by atoms with Gasteiger partial charge in [0.1, 0.15) is 10.6 Å². The van der Waals surface area contributed by atoms with E-state index in [1.165, 1.54) is 11.3 Å². The molecule has 0 aliphatic heterocycles. The SMILES string of the molecule is COc1ccccc1-c1cn2c(C)c(C(=O)NCc3ccc(N(C)C)cc3)sc2n1. The van der Waals surface area contributed by atoms with Gasteiger partial charge in [0.05, 0.1) is 12.8 Å². The summed E-state index contributed by atoms with van der Waals surface area (Å²) in [6, 6.07) is 15.9. The number of fused-ring (bicyclic) bond motifs is 1. The number of hydrogen-bond acceptors (Lipinski definition) is 5. The fourth-order valence-electron chi connectivity index (χ4n) is 3.32. The lowest BCUT2D eigenvalue weighted by Crippen LogP contribution is -2.22. The Morgan fingerprint density at radius 3 is 2.57 bits per heavy atom. The van der Waals surface area contributed by atoms with Crippen molar-refractivity contribution in [3.8, 4) is 17.0 Å². The zero-order valence-corrected chi connectivity index (χ0v) is 18.3. The fourth-order valence-corrected chi connectivity index (χ4v) is 4.35. The van der Waals surface area contributed by atoms with Gasteiger partial charge < -0.3 is 15.0 Å². The maximum Gasteiger partial charge on any atom is 0.263 e. The number of nitrogens with zero attached hydrogens (tertiary/aromatic N) is 3. The van der Waals surface area contributed by atoms with Crippen LogP contribution in [0.25, 0.3) is 16.2 Å². The van der Waals surface area contributed by atoms with Crippen molar-refractivity contribution in [3.63, 3.8) is 0 Å². The molecule has 30 heavy (non-hydrogen) atoms. The first-order valence-corrected chi connectivity index (χ1v) is 10.5. The van der Waals surface area contributed by atoms with E-state index in [2.05, 4.69) is 5.32 Å². The highest BCUT2D eigenvalue weighted by molar-refractivity contribution is 7.19. The Labute approximate surface area is 179 Å². The summed E-state index contributed by atoms with van der Waals surface area (Å²) in [5.74, 6) is 0.692. The predicted molar refractivity (Wildman–Crippen MR) is 122 cm³/mol. The number of nitrogens with one attached hydrogen (secondary N) is 1. The third-order valence-electron chi connectivity index (χ3n) is 5.05. The van der Waals surface area contributed by atoms with Gasteiger partial charge in [0.2, 0.25) is 0 Å². The van der Waals surface area contributed by atoms with Gasteiger partial charge in [0.15, 0.2) is 4.96 Å². The van der Waals surface area contributed by atoms with Gasteiger partial charge in [-0.15, -0.1) is 0 Å². The Balaban J connectivity index is 1.52. The first-order chi connectivity index (χ1) is 14.5. The standard InChI is InChI=1S/C23H24N4O2S/c1-15-21(22(28)24-13-16-9-11-17(12-10-16)26(2)3)30-23-25-19(14-27(15)23)18-7-5-6-8-20(18)29-4/h5-12,14H,13H2,1-4H3,(H,24,28). The van der Waals surface area contributed by atoms with Crippen LogP contribution in [0, 0.1) is 6.92 Å². The van der Waals surface area contributed by atoms with Crippen molar-refractivity contribution in [2.24, 2.45) is 0 Å². The number of imidazole rings is 1. The third-order valence-corrected chi connectivity index (χ3v) is 6.21. The number of carbonyl (C=O) groups is 1. The van der Waals surface area contributed by atoms with E-state index in [0.29, 0.717) is 11.4 Å². The highest BCUT2D eigenvalue weighted by atomic mass is 32.1. The number of aryl methyl sites for hydroxylation is 1. The summed E-state index contributed by atoms with van der Waals surface area (Å²) in [6.07, 6.45) is 1.95. The number of benzene rings is 2. The summed E-state index contributed by atoms with van der Waals surface area (Å²) in [7, 11) is 5.66. The molecule has 0 fully saturated rings. The number of para-hydroxylation sites is 1. The Morgan fingerprint density at radius 2 is 1.90 bits per heavy atom. The van der Waals surface area contributed by atoms with Crippen molar-refractivity contribution in [2.75, 3.05) is 26.1 Å². The molecule has 0 atom stereocenters. The topological polar surface area (TPSA) is 58.9 Å². The van der Waals surface area contributed by atoms with E-state index in [-0.39, 0.29) is 5.91 Å². The van der Waals surface area contributed by atoms with Crippen LogP contribution >= 0.6 is 11.3 Å². The number of amides is 1. The molecule has 2 aromatic heterocycles. The maximum absolute atomic E-state index is 12.8. The molecule has 2 aromatic carbocycles. The van der Waals surface area contributed by atoms with Crippen molar-refractivity contribution < 1.29 is 9.53 Å². The van der Waals surface area contributed by atoms with Gasteiger partial charge in [0, 0.05) is 43.8 Å². The van der Waals surface area contributed by atoms with Crippen LogP contribution in [0.2, 0.25) is 0 Å². The summed E-state index contributed by atoms with van der Waals surface area (Å²) in [5, 5.41) is 3.02. The van der Waals surface area contributed by atoms with Gasteiger partial charge in [0.25, 0.3) is 5.91 Å². The predicted octanol–water partition coefficient (Wildman–Crippen LogP) is 4.38. The number of thiazole rings is 1. The number of aromatic nitrogens is 2. The van der Waals surface area contributed by atoms with Crippen LogP contribution < -0.4 is 15.0 Å². The monoisotopic (exact) mass is 420 g/mol. The van der Waals surface area contributed by atoms with Crippen molar-refractivity contribution in [1.29, 1.82) is 0 Å². The molecular formula is C23H24N4O2S. The van der Waals surface area contributed by atoms with Crippen LogP contribution in [0.3, 0.4) is 0 Å². The minimum atomic E-state index is -0.0847. The summed E-state index contributed by atoms with van der Waals surface area (Å²) in [4.78, 5) is 21.0. The summed E-state index contributed by atoms with van der Waals surface area (Å²) in [6.45, 7) is 2.43. The highest BCUT2D eigenvalue weighted by Gasteiger charge is 2.19. The zero-order chi connectivity index (χ0) is 21.3. The van der Waals surface area contributed by atoms with Gasteiger partial charge >= 0.3 is 0 Å². The first kappa shape index (κ1) is 20.0. The van der Waals surface area contributed by atoms with Crippen LogP contribution in [0.5, 0.6) is 5.75 Å². The molecule has 0 spiro atoms. The molecule has 0 saturated heterocycles. The lowest BCUT2D eigenvalue weighted by Gasteiger charge is -2.12. The average Bonchev–Trinajstić information content (AvgIpc) is 3.31. The quantitative estimate of drug-likeness (QED) is 0.503. The second-order valence-electron chi connectivity index (χ2n) is 7.24. The van der Waals surface area contributed by atoms with E-state index in [1.807, 2.05) is 85.0 Å². The molecule has 0 saturated carbocycles. The van der Waals surface area contributed by atoms with E-state index in [0.717, 1.165) is 38.9 Å². The molecule has 4 rings (SSSR count). The van der Waals surface area contributed by atoms with Crippen molar-refractivity contribution in [1.82, 2.24) is 14.7 Å². The number of ether oxygens (including phenoxy) is 1. The largest absolute Gasteiger partial charge is 0.496 e. The van der Waals surface area contributed by atoms with Crippen LogP contribution in [0.4, 0.5) is 5.69 Å². The lowest BCUT2D eigenvalue weighted by atomic mass is 10.1. The van der Waals surface area contributed by atoms with E-state index >= 15 is 0 Å². The van der Waals surface area contributed by atoms with Gasteiger partial charge in [-0.25, -0.2) is 4.98 Å². The zero-order valence-electron chi connectivity index (χ0n) is 17.5. The summed E-state index contributed by atoms with van der Waals surface area (Å²) < 4.78 is 7.41. The third kappa shape index (κ3) is 3.76. The van der Waals surface area contributed by atoms with Crippen molar-refractivity contribution >= 4 is 27.9 Å². The van der Waals surface area contributed by atoms with Crippen LogP contribution in [0.15, 0.2) is 54.7 Å². The van der Waals surface area contributed by atoms with Gasteiger partial charge in [-0.05, 0) is 36.8 Å². The Morgan fingerprint density at radius 1 is 1.17 bits per heavy atom. The Kier molecular flexibility index (Phi) is 5.46. The molecule has 1 N–H and O–H groups in total. The molecule has 0 aliphatic carbocycles. The second kappa shape index (κ2) is 8.20. The molecule has 7 heteroatoms. The number of anilines is 1. The molecule has 0 bridgehead atoms. The minimum Gasteiger partial charge on any atom is -0.496 e. The molecule has 1 amide bonds. The number of methoxy groups -OCH3 is 1. The van der Waals surface area contributed by atoms with Gasteiger partial charge in [-0.2, -0.15) is 0 Å². The molecule has 4 aromatic rings. The number of hydrogen-bond donors (Lipinski definition) is 1. The van der Waals surface area contributed by atoms with E-state index in [4.69, 9.17) is 9.72 Å². The highest BCUT2D eigenvalue weighted by Crippen LogP contribution is 2.32. The van der Waals surface area contributed by atoms with Crippen molar-refractivity contribution in [3.05, 3.63) is 70.9 Å². The normalized spacial score (nSPS) is 10.9. The van der Waals surface area contributed by atoms with E-state index < -0.39 is 0 Å². The number of carbonyl (C=O) groups excluding carboxylic acids is 1. The number of rotatable bonds is 6. The Hall–Kier alpha value is -3.32. The summed E-state index contributed by atoms with van der Waals surface area (Å²) in [5.41, 5.74) is 4.83. The molecule has 6 nitrogen and oxygen atoms in total. The van der Waals surface area contributed by atoms with E-state index in [9.17, 15) is 4.79 Å². The molecule has 0 unspecified atom stereocenters.